The second-order valence-corrected chi connectivity index (χ2v) is 13.0. The molecule has 5 aromatic rings. The molecule has 0 spiro atoms. The Labute approximate surface area is 289 Å². The smallest absolute Gasteiger partial charge is 1.00 e. The Bertz CT molecular complexity index is 1980. The van der Waals surface area contributed by atoms with Crippen LogP contribution in [0.4, 0.5) is 0 Å². The van der Waals surface area contributed by atoms with Gasteiger partial charge in [0, 0.05) is 0 Å². The van der Waals surface area contributed by atoms with Gasteiger partial charge in [0.1, 0.15) is 0 Å². The van der Waals surface area contributed by atoms with Crippen LogP contribution in [0.15, 0.2) is 109 Å². The molecule has 0 bridgehead atoms. The first-order valence-electron chi connectivity index (χ1n) is 15.2. The van der Waals surface area contributed by atoms with Crippen LogP contribution in [-0.2, 0) is 37.6 Å². The fraction of sp³-hybridized carbons (Fsp3) is 0.171. The number of hydrogen-bond acceptors (Lipinski definition) is 0. The predicted octanol–water partition coefficient (Wildman–Crippen LogP) is 2.61. The zero-order valence-corrected chi connectivity index (χ0v) is 29.6. The van der Waals surface area contributed by atoms with Crippen molar-refractivity contribution < 1.29 is 49.5 Å². The Kier molecular flexibility index (Phi) is 9.72. The van der Waals surface area contributed by atoms with E-state index >= 15 is 0 Å². The summed E-state index contributed by atoms with van der Waals surface area (Å²) in [6.07, 6.45) is 4.57. The van der Waals surface area contributed by atoms with Gasteiger partial charge in [-0.3, -0.25) is 0 Å². The Morgan fingerprint density at radius 2 is 1.32 bits per heavy atom. The molecule has 0 amide bonds. The number of halogens is 2. The van der Waals surface area contributed by atoms with Gasteiger partial charge in [-0.25, -0.2) is 0 Å². The van der Waals surface area contributed by atoms with E-state index in [-0.39, 0.29) is 30.7 Å². The minimum absolute atomic E-state index is 0. The van der Waals surface area contributed by atoms with Crippen molar-refractivity contribution in [3.8, 4) is 11.1 Å². The Morgan fingerprint density at radius 1 is 0.659 bits per heavy atom. The summed E-state index contributed by atoms with van der Waals surface area (Å²) in [5, 5.41) is 2.85. The average molecular weight is 690 g/mol. The van der Waals surface area contributed by atoms with Gasteiger partial charge in [-0.1, -0.05) is 0 Å². The number of allylic oxidation sites excluding steroid dienone is 2. The van der Waals surface area contributed by atoms with Crippen molar-refractivity contribution >= 4 is 14.4 Å². The first kappa shape index (κ1) is 32.4. The van der Waals surface area contributed by atoms with Gasteiger partial charge in [0.05, 0.1) is 0 Å². The summed E-state index contributed by atoms with van der Waals surface area (Å²) in [7, 11) is 0. The molecule has 0 fully saturated rings. The molecule has 2 aliphatic rings. The third-order valence-corrected chi connectivity index (χ3v) is 10.5. The van der Waals surface area contributed by atoms with Gasteiger partial charge in [-0.2, -0.15) is 0 Å². The van der Waals surface area contributed by atoms with E-state index in [9.17, 15) is 0 Å². The number of hydrogen-bond donors (Lipinski definition) is 0. The Hall–Kier alpha value is -2.96. The van der Waals surface area contributed by atoms with Crippen LogP contribution in [0.3, 0.4) is 0 Å². The minimum atomic E-state index is 0. The summed E-state index contributed by atoms with van der Waals surface area (Å²) in [6, 6.07) is 38.8. The normalized spacial score (nSPS) is 14.2. The summed E-state index contributed by atoms with van der Waals surface area (Å²) in [6.45, 7) is 9.12. The van der Waals surface area contributed by atoms with E-state index in [1.165, 1.54) is 111 Å². The van der Waals surface area contributed by atoms with Crippen molar-refractivity contribution in [2.24, 2.45) is 0 Å². The molecular weight excluding hydrogens is 655 g/mol. The topological polar surface area (TPSA) is 0 Å². The van der Waals surface area contributed by atoms with Gasteiger partial charge in [0.15, 0.2) is 0 Å². The van der Waals surface area contributed by atoms with E-state index in [1.54, 1.807) is 0 Å². The van der Waals surface area contributed by atoms with Crippen molar-refractivity contribution in [1.82, 2.24) is 0 Å². The fourth-order valence-corrected chi connectivity index (χ4v) is 8.37. The van der Waals surface area contributed by atoms with Gasteiger partial charge in [-0.15, -0.1) is 0 Å². The first-order valence-corrected chi connectivity index (χ1v) is 16.4. The molecule has 217 valence electrons. The molecular formula is C41H35Cl2Zr. The summed E-state index contributed by atoms with van der Waals surface area (Å²) in [5.74, 6) is 0.243. The molecule has 0 saturated heterocycles. The quantitative estimate of drug-likeness (QED) is 0.267. The fourth-order valence-electron chi connectivity index (χ4n) is 7.20. The molecule has 0 nitrogen and oxygen atoms in total. The van der Waals surface area contributed by atoms with Crippen LogP contribution < -0.4 is 35.3 Å². The van der Waals surface area contributed by atoms with Crippen LogP contribution in [0, 0.1) is 6.92 Å². The van der Waals surface area contributed by atoms with Crippen LogP contribution in [0.25, 0.3) is 25.6 Å². The van der Waals surface area contributed by atoms with E-state index < -0.39 is 0 Å². The molecule has 7 rings (SSSR count). The van der Waals surface area contributed by atoms with Crippen LogP contribution in [0.1, 0.15) is 76.8 Å². The third-order valence-electron chi connectivity index (χ3n) is 9.22. The summed E-state index contributed by atoms with van der Waals surface area (Å²) in [5.41, 5.74) is 18.1. The molecule has 0 saturated carbocycles. The molecule has 0 aromatic heterocycles. The first-order chi connectivity index (χ1) is 20.5. The summed E-state index contributed by atoms with van der Waals surface area (Å²) < 4.78 is 1.51. The number of fused-ring (bicyclic) bond motifs is 4. The van der Waals surface area contributed by atoms with Gasteiger partial charge < -0.3 is 24.8 Å². The van der Waals surface area contributed by atoms with Crippen LogP contribution in [0.2, 0.25) is 0 Å². The molecule has 3 heteroatoms. The molecule has 0 aliphatic heterocycles. The van der Waals surface area contributed by atoms with Gasteiger partial charge in [0.2, 0.25) is 0 Å². The zero-order valence-electron chi connectivity index (χ0n) is 25.6. The number of benzene rings is 5. The van der Waals surface area contributed by atoms with E-state index in [1.807, 2.05) is 0 Å². The summed E-state index contributed by atoms with van der Waals surface area (Å²) >= 11 is 1.48. The average Bonchev–Trinajstić information content (AvgIpc) is 3.50. The van der Waals surface area contributed by atoms with Crippen LogP contribution >= 0.6 is 0 Å². The van der Waals surface area contributed by atoms with E-state index in [0.717, 1.165) is 12.8 Å². The van der Waals surface area contributed by atoms with Gasteiger partial charge in [0.25, 0.3) is 0 Å². The van der Waals surface area contributed by atoms with E-state index in [4.69, 9.17) is 0 Å². The maximum absolute atomic E-state index is 2.54. The van der Waals surface area contributed by atoms with E-state index in [0.29, 0.717) is 0 Å². The maximum Gasteiger partial charge on any atom is -1.00 e. The monoisotopic (exact) mass is 687 g/mol. The van der Waals surface area contributed by atoms with Crippen molar-refractivity contribution in [3.63, 3.8) is 0 Å². The van der Waals surface area contributed by atoms with Gasteiger partial charge >= 0.3 is 266 Å². The molecule has 44 heavy (non-hydrogen) atoms. The van der Waals surface area contributed by atoms with Crippen molar-refractivity contribution in [1.29, 1.82) is 0 Å². The minimum Gasteiger partial charge on any atom is -1.00 e. The van der Waals surface area contributed by atoms with E-state index in [2.05, 4.69) is 137 Å². The van der Waals surface area contributed by atoms with Gasteiger partial charge in [-0.05, 0) is 0 Å². The van der Waals surface area contributed by atoms with Crippen molar-refractivity contribution in [2.45, 2.75) is 46.5 Å². The SMILES string of the molecule is CCc1ccc2c(c1)[C]([Zr+2])=c1c-2cc(=C(c2ccccc2)c2ccccc2)c(CC)c1C1C=C(C)c2cc(C)ccc21.[Cl-].[Cl-]. The Morgan fingerprint density at radius 3 is 1.93 bits per heavy atom. The molecule has 5 aromatic carbocycles. The molecule has 1 unspecified atom stereocenters. The second kappa shape index (κ2) is 13.2. The molecule has 0 heterocycles. The standard InChI is InChI=1S/C41H35.2ClH.Zr/c1-5-28-18-20-33-31(23-28)24-38-36(33)25-39(40(29-13-9-7-10-14-29)30-15-11-8-12-16-30)32(6-2)41(38)37-22-27(4)35-21-26(3)17-19-34(35)37;;;/h7-23,25,37H,5-6H2,1-4H3;2*1H;/q;;;+2/p-2. The molecule has 2 aliphatic carbocycles. The number of aryl methyl sites for hydroxylation is 2. The molecule has 0 N–H and O–H groups in total. The second-order valence-electron chi connectivity index (χ2n) is 11.7. The van der Waals surface area contributed by atoms with Crippen molar-refractivity contribution in [2.75, 3.05) is 0 Å². The zero-order chi connectivity index (χ0) is 29.0. The largest absolute Gasteiger partial charge is 1.00 e. The number of rotatable bonds is 5. The van der Waals surface area contributed by atoms with Crippen LogP contribution in [0.5, 0.6) is 0 Å². The summed E-state index contributed by atoms with van der Waals surface area (Å²) in [4.78, 5) is 0. The predicted molar refractivity (Wildman–Crippen MR) is 174 cm³/mol. The third kappa shape index (κ3) is 5.32. The molecule has 1 atom stereocenters. The molecule has 0 radical (unpaired) electrons. The Balaban J connectivity index is 0.00000192. The van der Waals surface area contributed by atoms with Crippen molar-refractivity contribution in [3.05, 3.63) is 170 Å². The maximum atomic E-state index is 2.54. The van der Waals surface area contributed by atoms with Crippen LogP contribution in [-0.4, -0.2) is 0 Å².